The standard InChI is InChI=1S/Al.Na.2O.Rb.H/q;+1;;-1;+1;-1. The molecule has 0 radical (unpaired) electrons. The van der Waals surface area contributed by atoms with Gasteiger partial charge in [-0.1, -0.05) is 0 Å². The van der Waals surface area contributed by atoms with Gasteiger partial charge in [0.05, 0.1) is 0 Å². The fourth-order valence-corrected chi connectivity index (χ4v) is 0. The fourth-order valence-electron chi connectivity index (χ4n) is 0. The number of hydrogen-bond acceptors (Lipinski definition) is 2. The second-order valence-corrected chi connectivity index (χ2v) is 0.289. The topological polar surface area (TPSA) is 40.1 Å². The van der Waals surface area contributed by atoms with Gasteiger partial charge in [-0.2, -0.15) is 0 Å². The monoisotopic (exact) mass is 168 g/mol. The van der Waals surface area contributed by atoms with Crippen LogP contribution in [-0.2, 0) is 3.80 Å². The summed E-state index contributed by atoms with van der Waals surface area (Å²) in [4.78, 5) is 0. The van der Waals surface area contributed by atoms with Crippen molar-refractivity contribution in [2.45, 2.75) is 0 Å². The van der Waals surface area contributed by atoms with E-state index in [0.29, 0.717) is 0 Å². The van der Waals surface area contributed by atoms with Gasteiger partial charge < -0.3 is 1.43 Å². The van der Waals surface area contributed by atoms with Gasteiger partial charge in [0.25, 0.3) is 0 Å². The normalized spacial score (nSPS) is 1.60. The smallest absolute Gasteiger partial charge is 1.00 e. The molecule has 0 atom stereocenters. The van der Waals surface area contributed by atoms with Crippen molar-refractivity contribution in [2.75, 3.05) is 0 Å². The molecule has 0 aromatic heterocycles. The molecule has 0 heterocycles. The van der Waals surface area contributed by atoms with Gasteiger partial charge in [0.2, 0.25) is 0 Å². The summed E-state index contributed by atoms with van der Waals surface area (Å²) in [5.74, 6) is 0. The third kappa shape index (κ3) is 19.6. The molecule has 0 bridgehead atoms. The van der Waals surface area contributed by atoms with E-state index in [4.69, 9.17) is 7.96 Å². The zero-order valence-electron chi connectivity index (χ0n) is 4.39. The van der Waals surface area contributed by atoms with Gasteiger partial charge in [-0.25, -0.2) is 0 Å². The first-order valence-electron chi connectivity index (χ1n) is 0.471. The van der Waals surface area contributed by atoms with Crippen molar-refractivity contribution >= 4 is 15.5 Å². The van der Waals surface area contributed by atoms with Crippen LogP contribution < -0.4 is 91.9 Å². The molecule has 0 unspecified atom stereocenters. The Balaban J connectivity index is -0.00000000667. The van der Waals surface area contributed by atoms with E-state index in [1.54, 1.807) is 0 Å². The van der Waals surface area contributed by atoms with E-state index in [9.17, 15) is 0 Å². The molecule has 0 aromatic carbocycles. The largest absolute Gasteiger partial charge is 1.00 e. The Labute approximate surface area is 110 Å². The molecule has 0 rings (SSSR count). The minimum Gasteiger partial charge on any atom is 1.00 e. The molecule has 0 amide bonds. The average molecular weight is 168 g/mol. The zero-order chi connectivity index (χ0) is 2.71. The summed E-state index contributed by atoms with van der Waals surface area (Å²) in [6, 6.07) is 0. The predicted molar refractivity (Wildman–Crippen MR) is 7.55 cm³/mol. The SMILES string of the molecule is [H-].[Na+].[O]=[Al][O-].[Rb+]. The predicted octanol–water partition coefficient (Wildman–Crippen LogP) is -7.57. The maximum atomic E-state index is 8.46. The summed E-state index contributed by atoms with van der Waals surface area (Å²) in [5.41, 5.74) is 0. The average Bonchev–Trinajstić information content (AvgIpc) is 0.918. The second-order valence-electron chi connectivity index (χ2n) is 0.0962. The van der Waals surface area contributed by atoms with Crippen molar-refractivity contribution in [3.8, 4) is 0 Å². The molecule has 2 nitrogen and oxygen atoms in total. The summed E-state index contributed by atoms with van der Waals surface area (Å²) >= 11 is -1.75. The van der Waals surface area contributed by atoms with Crippen LogP contribution in [0.25, 0.3) is 0 Å². The summed E-state index contributed by atoms with van der Waals surface area (Å²) in [7, 11) is 0. The van der Waals surface area contributed by atoms with Crippen LogP contribution in [0.4, 0.5) is 0 Å². The summed E-state index contributed by atoms with van der Waals surface area (Å²) in [5, 5.41) is 0. The van der Waals surface area contributed by atoms with Crippen LogP contribution in [-0.4, -0.2) is 15.5 Å². The summed E-state index contributed by atoms with van der Waals surface area (Å²) in [6.45, 7) is 0. The van der Waals surface area contributed by atoms with Gasteiger partial charge in [-0.05, 0) is 0 Å². The Morgan fingerprint density at radius 2 is 1.80 bits per heavy atom. The van der Waals surface area contributed by atoms with E-state index in [1.165, 1.54) is 0 Å². The van der Waals surface area contributed by atoms with Crippen molar-refractivity contribution in [3.63, 3.8) is 0 Å². The number of hydrogen-bond donors (Lipinski definition) is 0. The maximum Gasteiger partial charge on any atom is 1.00 e. The van der Waals surface area contributed by atoms with Crippen molar-refractivity contribution in [1.29, 1.82) is 0 Å². The molecule has 5 heteroatoms. The molecule has 0 aliphatic heterocycles. The van der Waals surface area contributed by atoms with Gasteiger partial charge in [-0.3, -0.25) is 0 Å². The van der Waals surface area contributed by atoms with Crippen LogP contribution in [0, 0.1) is 0 Å². The van der Waals surface area contributed by atoms with Crippen LogP contribution in [0.15, 0.2) is 0 Å². The molecule has 0 aromatic rings. The molecule has 0 fully saturated rings. The maximum absolute atomic E-state index is 8.46. The van der Waals surface area contributed by atoms with Crippen molar-refractivity contribution in [2.24, 2.45) is 0 Å². The van der Waals surface area contributed by atoms with E-state index >= 15 is 0 Å². The quantitative estimate of drug-likeness (QED) is 0.337. The van der Waals surface area contributed by atoms with E-state index < -0.39 is 15.5 Å². The Bertz CT molecular complexity index is 21.0. The molecule has 5 heavy (non-hydrogen) atoms. The first-order valence-corrected chi connectivity index (χ1v) is 1.41. The molecular weight excluding hydrogens is 167 g/mol. The first kappa shape index (κ1) is 15.7. The first-order chi connectivity index (χ1) is 1.41. The van der Waals surface area contributed by atoms with Crippen LogP contribution >= 0.6 is 0 Å². The minimum absolute atomic E-state index is 0. The fraction of sp³-hybridized carbons (Fsp3) is 0. The Morgan fingerprint density at radius 1 is 1.80 bits per heavy atom. The molecular formula is HAlNaO2Rb. The molecule has 0 aliphatic carbocycles. The van der Waals surface area contributed by atoms with Crippen LogP contribution in [0.3, 0.4) is 0 Å². The van der Waals surface area contributed by atoms with Gasteiger partial charge in [0, 0.05) is 0 Å². The van der Waals surface area contributed by atoms with Crippen molar-refractivity contribution < 1.29 is 97.1 Å². The van der Waals surface area contributed by atoms with Gasteiger partial charge in [0.1, 0.15) is 0 Å². The Hall–Kier alpha value is 2.94. The summed E-state index contributed by atoms with van der Waals surface area (Å²) < 4.78 is 16.9. The van der Waals surface area contributed by atoms with Crippen molar-refractivity contribution in [1.82, 2.24) is 0 Å². The van der Waals surface area contributed by atoms with E-state index in [2.05, 4.69) is 0 Å². The van der Waals surface area contributed by atoms with Crippen LogP contribution in [0.2, 0.25) is 0 Å². The molecule has 0 N–H and O–H groups in total. The van der Waals surface area contributed by atoms with Crippen LogP contribution in [0.1, 0.15) is 1.43 Å². The number of rotatable bonds is 0. The zero-order valence-corrected chi connectivity index (χ0v) is 11.5. The Morgan fingerprint density at radius 3 is 1.80 bits per heavy atom. The third-order valence-corrected chi connectivity index (χ3v) is 0. The Kier molecular flexibility index (Phi) is 49.4. The molecule has 0 spiro atoms. The second kappa shape index (κ2) is 15.8. The minimum atomic E-state index is -1.75. The molecule has 18 valence electrons. The van der Waals surface area contributed by atoms with Crippen LogP contribution in [0.5, 0.6) is 0 Å². The third-order valence-electron chi connectivity index (χ3n) is 0. The van der Waals surface area contributed by atoms with Gasteiger partial charge in [0.15, 0.2) is 0 Å². The molecule has 0 saturated heterocycles. The van der Waals surface area contributed by atoms with Crippen molar-refractivity contribution in [3.05, 3.63) is 0 Å². The van der Waals surface area contributed by atoms with E-state index in [0.717, 1.165) is 0 Å². The summed E-state index contributed by atoms with van der Waals surface area (Å²) in [6.07, 6.45) is 0. The van der Waals surface area contributed by atoms with Gasteiger partial charge >= 0.3 is 111 Å². The van der Waals surface area contributed by atoms with E-state index in [-0.39, 0.29) is 89.2 Å². The molecule has 0 aliphatic rings. The van der Waals surface area contributed by atoms with E-state index in [1.807, 2.05) is 0 Å². The van der Waals surface area contributed by atoms with Gasteiger partial charge in [-0.15, -0.1) is 0 Å². The molecule has 0 saturated carbocycles.